The molecule has 1 aromatic carbocycles. The molecule has 0 unspecified atom stereocenters. The third-order valence-corrected chi connectivity index (χ3v) is 2.56. The van der Waals surface area contributed by atoms with Crippen LogP contribution in [0.2, 0.25) is 5.02 Å². The minimum Gasteiger partial charge on any atom is -0.494 e. The molecule has 0 radical (unpaired) electrons. The van der Waals surface area contributed by atoms with Crippen LogP contribution in [0, 0.1) is 0 Å². The highest BCUT2D eigenvalue weighted by Crippen LogP contribution is 2.28. The summed E-state index contributed by atoms with van der Waals surface area (Å²) in [5.74, 6) is 1.79. The average molecular weight is 279 g/mol. The van der Waals surface area contributed by atoms with Crippen molar-refractivity contribution in [3.8, 4) is 17.4 Å². The predicted octanol–water partition coefficient (Wildman–Crippen LogP) is 3.90. The number of ether oxygens (including phenoxy) is 2. The molecule has 0 spiro atoms. The fraction of sp³-hybridized carbons (Fsp3) is 0.214. The number of aromatic nitrogens is 1. The minimum absolute atomic E-state index is 0.339. The van der Waals surface area contributed by atoms with E-state index >= 15 is 0 Å². The second-order valence-electron chi connectivity index (χ2n) is 3.97. The molecule has 5 heteroatoms. The first-order chi connectivity index (χ1) is 9.19. The molecule has 1 aromatic heterocycles. The van der Waals surface area contributed by atoms with Gasteiger partial charge in [0.2, 0.25) is 5.88 Å². The van der Waals surface area contributed by atoms with Gasteiger partial charge in [-0.3, -0.25) is 0 Å². The van der Waals surface area contributed by atoms with Crippen molar-refractivity contribution < 1.29 is 9.47 Å². The molecule has 0 aliphatic heterocycles. The summed E-state index contributed by atoms with van der Waals surface area (Å²) >= 11 is 5.77. The maximum Gasteiger partial charge on any atom is 0.242 e. The Bertz CT molecular complexity index is 544. The molecule has 0 amide bonds. The van der Waals surface area contributed by atoms with Gasteiger partial charge in [-0.2, -0.15) is 0 Å². The zero-order valence-corrected chi connectivity index (χ0v) is 11.4. The third kappa shape index (κ3) is 3.76. The lowest BCUT2D eigenvalue weighted by molar-refractivity contribution is 0.317. The van der Waals surface area contributed by atoms with Crippen LogP contribution in [0.25, 0.3) is 0 Å². The van der Waals surface area contributed by atoms with Gasteiger partial charge in [0, 0.05) is 6.20 Å². The van der Waals surface area contributed by atoms with Crippen LogP contribution >= 0.6 is 11.6 Å². The maximum absolute atomic E-state index is 5.77. The summed E-state index contributed by atoms with van der Waals surface area (Å²) in [5, 5.41) is 0.480. The molecule has 2 rings (SSSR count). The molecule has 2 N–H and O–H groups in total. The Balaban J connectivity index is 2.06. The Hall–Kier alpha value is -1.94. The van der Waals surface area contributed by atoms with Crippen LogP contribution in [0.1, 0.15) is 13.3 Å². The number of hydrogen-bond acceptors (Lipinski definition) is 4. The van der Waals surface area contributed by atoms with E-state index < -0.39 is 0 Å². The van der Waals surface area contributed by atoms with Gasteiger partial charge in [0.1, 0.15) is 11.5 Å². The van der Waals surface area contributed by atoms with Crippen LogP contribution in [0.5, 0.6) is 17.4 Å². The van der Waals surface area contributed by atoms with Gasteiger partial charge in [-0.25, -0.2) is 4.98 Å². The van der Waals surface area contributed by atoms with E-state index in [-0.39, 0.29) is 0 Å². The summed E-state index contributed by atoms with van der Waals surface area (Å²) < 4.78 is 11.1. The minimum atomic E-state index is 0.339. The van der Waals surface area contributed by atoms with Crippen LogP contribution < -0.4 is 15.2 Å². The van der Waals surface area contributed by atoms with E-state index in [0.717, 1.165) is 12.2 Å². The van der Waals surface area contributed by atoms with E-state index in [2.05, 4.69) is 11.9 Å². The number of pyridine rings is 1. The topological polar surface area (TPSA) is 57.4 Å². The van der Waals surface area contributed by atoms with Crippen molar-refractivity contribution in [1.82, 2.24) is 4.98 Å². The van der Waals surface area contributed by atoms with Crippen LogP contribution in [-0.4, -0.2) is 11.6 Å². The van der Waals surface area contributed by atoms with Crippen molar-refractivity contribution in [2.45, 2.75) is 13.3 Å². The van der Waals surface area contributed by atoms with Crippen molar-refractivity contribution in [1.29, 1.82) is 0 Å². The largest absolute Gasteiger partial charge is 0.494 e. The van der Waals surface area contributed by atoms with Gasteiger partial charge in [-0.15, -0.1) is 0 Å². The molecule has 0 aliphatic carbocycles. The number of hydrogen-bond donors (Lipinski definition) is 1. The Morgan fingerprint density at radius 3 is 2.53 bits per heavy atom. The summed E-state index contributed by atoms with van der Waals surface area (Å²) in [7, 11) is 0. The molecule has 0 aliphatic rings. The van der Waals surface area contributed by atoms with Crippen LogP contribution in [0.15, 0.2) is 36.5 Å². The number of halogens is 1. The second kappa shape index (κ2) is 6.29. The highest BCUT2D eigenvalue weighted by Gasteiger charge is 2.05. The predicted molar refractivity (Wildman–Crippen MR) is 76.0 cm³/mol. The van der Waals surface area contributed by atoms with Crippen molar-refractivity contribution in [2.75, 3.05) is 12.3 Å². The summed E-state index contributed by atoms with van der Waals surface area (Å²) in [6.45, 7) is 2.76. The van der Waals surface area contributed by atoms with Crippen LogP contribution in [-0.2, 0) is 0 Å². The van der Waals surface area contributed by atoms with Gasteiger partial charge in [0.25, 0.3) is 0 Å². The monoisotopic (exact) mass is 278 g/mol. The van der Waals surface area contributed by atoms with E-state index in [4.69, 9.17) is 26.8 Å². The SMILES string of the molecule is CCCOc1ccc(Oc2ncc(Cl)cc2N)cc1. The Morgan fingerprint density at radius 2 is 1.89 bits per heavy atom. The van der Waals surface area contributed by atoms with Gasteiger partial charge in [-0.1, -0.05) is 18.5 Å². The Labute approximate surface area is 117 Å². The van der Waals surface area contributed by atoms with E-state index in [1.165, 1.54) is 6.20 Å². The number of anilines is 1. The number of nitrogen functional groups attached to an aromatic ring is 1. The quantitative estimate of drug-likeness (QED) is 0.901. The summed E-state index contributed by atoms with van der Waals surface area (Å²) in [6, 6.07) is 8.90. The summed E-state index contributed by atoms with van der Waals surface area (Å²) in [6.07, 6.45) is 2.47. The Kier molecular flexibility index (Phi) is 4.47. The standard InChI is InChI=1S/C14H15ClN2O2/c1-2-7-18-11-3-5-12(6-4-11)19-14-13(16)8-10(15)9-17-14/h3-6,8-9H,2,7,16H2,1H3. The molecule has 19 heavy (non-hydrogen) atoms. The normalized spacial score (nSPS) is 10.2. The van der Waals surface area contributed by atoms with Crippen molar-refractivity contribution in [3.05, 3.63) is 41.6 Å². The molecule has 0 atom stereocenters. The third-order valence-electron chi connectivity index (χ3n) is 2.36. The highest BCUT2D eigenvalue weighted by atomic mass is 35.5. The molecule has 0 saturated carbocycles. The van der Waals surface area contributed by atoms with Gasteiger partial charge in [0.15, 0.2) is 0 Å². The average Bonchev–Trinajstić information content (AvgIpc) is 2.41. The molecular formula is C14H15ClN2O2. The molecule has 100 valence electrons. The maximum atomic E-state index is 5.77. The number of benzene rings is 1. The lowest BCUT2D eigenvalue weighted by atomic mass is 10.3. The van der Waals surface area contributed by atoms with Gasteiger partial charge in [-0.05, 0) is 36.8 Å². The summed E-state index contributed by atoms with van der Waals surface area (Å²) in [5.41, 5.74) is 6.17. The Morgan fingerprint density at radius 1 is 1.21 bits per heavy atom. The highest BCUT2D eigenvalue weighted by molar-refractivity contribution is 6.30. The van der Waals surface area contributed by atoms with Gasteiger partial charge >= 0.3 is 0 Å². The van der Waals surface area contributed by atoms with E-state index in [1.54, 1.807) is 18.2 Å². The number of nitrogens with zero attached hydrogens (tertiary/aromatic N) is 1. The lowest BCUT2D eigenvalue weighted by Crippen LogP contribution is -1.96. The lowest BCUT2D eigenvalue weighted by Gasteiger charge is -2.08. The van der Waals surface area contributed by atoms with Crippen molar-refractivity contribution in [2.24, 2.45) is 0 Å². The zero-order chi connectivity index (χ0) is 13.7. The van der Waals surface area contributed by atoms with E-state index in [9.17, 15) is 0 Å². The van der Waals surface area contributed by atoms with Crippen LogP contribution in [0.3, 0.4) is 0 Å². The number of rotatable bonds is 5. The summed E-state index contributed by atoms with van der Waals surface area (Å²) in [4.78, 5) is 4.03. The van der Waals surface area contributed by atoms with E-state index in [0.29, 0.717) is 28.9 Å². The molecular weight excluding hydrogens is 264 g/mol. The van der Waals surface area contributed by atoms with Crippen molar-refractivity contribution in [3.63, 3.8) is 0 Å². The fourth-order valence-corrected chi connectivity index (χ4v) is 1.63. The van der Waals surface area contributed by atoms with Gasteiger partial charge in [0.05, 0.1) is 17.3 Å². The molecule has 0 fully saturated rings. The number of nitrogens with two attached hydrogens (primary N) is 1. The van der Waals surface area contributed by atoms with Crippen molar-refractivity contribution >= 4 is 17.3 Å². The fourth-order valence-electron chi connectivity index (χ4n) is 1.46. The molecule has 0 bridgehead atoms. The van der Waals surface area contributed by atoms with Gasteiger partial charge < -0.3 is 15.2 Å². The molecule has 1 heterocycles. The first-order valence-corrected chi connectivity index (χ1v) is 6.38. The first-order valence-electron chi connectivity index (χ1n) is 6.01. The second-order valence-corrected chi connectivity index (χ2v) is 4.41. The molecule has 0 saturated heterocycles. The zero-order valence-electron chi connectivity index (χ0n) is 10.6. The van der Waals surface area contributed by atoms with E-state index in [1.807, 2.05) is 12.1 Å². The van der Waals surface area contributed by atoms with Crippen LogP contribution in [0.4, 0.5) is 5.69 Å². The first kappa shape index (κ1) is 13.5. The molecule has 4 nitrogen and oxygen atoms in total. The smallest absolute Gasteiger partial charge is 0.242 e. The molecule has 2 aromatic rings.